The smallest absolute Gasteiger partial charge is 0.136 e. The summed E-state index contributed by atoms with van der Waals surface area (Å²) in [6.45, 7) is 7.07. The van der Waals surface area contributed by atoms with Crippen molar-refractivity contribution in [2.24, 2.45) is 28.6 Å². The van der Waals surface area contributed by atoms with Crippen LogP contribution >= 0.6 is 0 Å². The molecule has 3 nitrogen and oxygen atoms in total. The van der Waals surface area contributed by atoms with Gasteiger partial charge in [-0.15, -0.1) is 0 Å². The van der Waals surface area contributed by atoms with E-state index in [1.54, 1.807) is 0 Å². The Bertz CT molecular complexity index is 885. The van der Waals surface area contributed by atoms with Gasteiger partial charge >= 0.3 is 0 Å². The molecule has 0 amide bonds. The van der Waals surface area contributed by atoms with Crippen molar-refractivity contribution < 1.29 is 9.90 Å². The van der Waals surface area contributed by atoms with E-state index in [2.05, 4.69) is 37.9 Å². The highest BCUT2D eigenvalue weighted by Crippen LogP contribution is 2.67. The van der Waals surface area contributed by atoms with Crippen molar-refractivity contribution in [2.45, 2.75) is 65.4 Å². The highest BCUT2D eigenvalue weighted by molar-refractivity contribution is 5.83. The van der Waals surface area contributed by atoms with Crippen LogP contribution in [0.15, 0.2) is 41.7 Å². The molecular formula is C25H31NO2. The SMILES string of the molecule is CC1=C(c2cccnc2)[C@@]2(C)CC[C@H]3[C@@H]([C@@H](O)C=C4CC(=O)CC[C@@]43C)[C@@H]2C1. The first-order chi connectivity index (χ1) is 13.3. The molecular weight excluding hydrogens is 346 g/mol. The van der Waals surface area contributed by atoms with Gasteiger partial charge in [-0.05, 0) is 78.4 Å². The highest BCUT2D eigenvalue weighted by atomic mass is 16.3. The molecule has 0 saturated heterocycles. The quantitative estimate of drug-likeness (QED) is 0.703. The van der Waals surface area contributed by atoms with Crippen LogP contribution in [-0.2, 0) is 4.79 Å². The fourth-order valence-electron chi connectivity index (χ4n) is 7.49. The number of allylic oxidation sites excluding steroid dienone is 3. The second-order valence-corrected chi connectivity index (χ2v) is 10.2. The largest absolute Gasteiger partial charge is 0.389 e. The van der Waals surface area contributed by atoms with Crippen molar-refractivity contribution in [3.8, 4) is 0 Å². The standard InChI is InChI=1S/C25H31NO2/c1-15-11-20-22-19(24(2)8-6-18(27)12-17(24)13-21(22)28)7-9-25(20,3)23(15)16-5-4-10-26-14-16/h4-5,10,13-14,19-22,28H,6-9,11-12H2,1-3H3/t19-,20-,21-,22+,24-,25-/m0/s1. The number of nitrogens with zero attached hydrogens (tertiary/aromatic N) is 1. The Balaban J connectivity index is 1.56. The number of carbonyl (C=O) groups is 1. The lowest BCUT2D eigenvalue weighted by Gasteiger charge is -2.58. The molecule has 3 heteroatoms. The maximum absolute atomic E-state index is 12.1. The molecule has 1 heterocycles. The van der Waals surface area contributed by atoms with E-state index in [1.165, 1.54) is 22.3 Å². The fraction of sp³-hybridized carbons (Fsp3) is 0.600. The Morgan fingerprint density at radius 2 is 2.00 bits per heavy atom. The number of aliphatic hydroxyl groups excluding tert-OH is 1. The first-order valence-corrected chi connectivity index (χ1v) is 10.9. The number of aliphatic hydroxyl groups is 1. The summed E-state index contributed by atoms with van der Waals surface area (Å²) >= 11 is 0. The van der Waals surface area contributed by atoms with E-state index < -0.39 is 6.10 Å². The minimum absolute atomic E-state index is 0.0874. The van der Waals surface area contributed by atoms with Gasteiger partial charge in [0.05, 0.1) is 6.10 Å². The summed E-state index contributed by atoms with van der Waals surface area (Å²) in [6, 6.07) is 4.22. The topological polar surface area (TPSA) is 50.2 Å². The predicted molar refractivity (Wildman–Crippen MR) is 110 cm³/mol. The number of ketones is 1. The van der Waals surface area contributed by atoms with E-state index in [4.69, 9.17) is 0 Å². The third-order valence-corrected chi connectivity index (χ3v) is 8.83. The number of rotatable bonds is 1. The number of aromatic nitrogens is 1. The molecule has 148 valence electrons. The maximum Gasteiger partial charge on any atom is 0.136 e. The van der Waals surface area contributed by atoms with Crippen LogP contribution in [0.4, 0.5) is 0 Å². The number of hydrogen-bond acceptors (Lipinski definition) is 3. The van der Waals surface area contributed by atoms with Crippen LogP contribution in [0.2, 0.25) is 0 Å². The zero-order valence-corrected chi connectivity index (χ0v) is 17.2. The molecule has 5 rings (SSSR count). The van der Waals surface area contributed by atoms with Gasteiger partial charge in [0.25, 0.3) is 0 Å². The van der Waals surface area contributed by atoms with Crippen molar-refractivity contribution in [3.63, 3.8) is 0 Å². The summed E-state index contributed by atoms with van der Waals surface area (Å²) in [4.78, 5) is 16.4. The van der Waals surface area contributed by atoms with Crippen molar-refractivity contribution in [1.82, 2.24) is 4.98 Å². The van der Waals surface area contributed by atoms with Gasteiger partial charge in [0.15, 0.2) is 0 Å². The summed E-state index contributed by atoms with van der Waals surface area (Å²) < 4.78 is 0. The molecule has 4 aliphatic rings. The van der Waals surface area contributed by atoms with E-state index in [9.17, 15) is 9.90 Å². The molecule has 1 aromatic rings. The second kappa shape index (κ2) is 6.13. The molecule has 0 radical (unpaired) electrons. The summed E-state index contributed by atoms with van der Waals surface area (Å²) in [5.74, 6) is 1.57. The molecule has 0 unspecified atom stereocenters. The first kappa shape index (κ1) is 18.3. The van der Waals surface area contributed by atoms with Crippen molar-refractivity contribution >= 4 is 11.4 Å². The molecule has 0 aromatic carbocycles. The molecule has 2 saturated carbocycles. The van der Waals surface area contributed by atoms with E-state index in [0.29, 0.717) is 30.5 Å². The normalized spacial score (nSPS) is 42.6. The number of pyridine rings is 1. The van der Waals surface area contributed by atoms with Crippen molar-refractivity contribution in [1.29, 1.82) is 0 Å². The fourth-order valence-corrected chi connectivity index (χ4v) is 7.49. The molecule has 0 spiro atoms. The third kappa shape index (κ3) is 2.38. The number of hydrogen-bond donors (Lipinski definition) is 1. The van der Waals surface area contributed by atoms with Gasteiger partial charge in [0.1, 0.15) is 5.78 Å². The van der Waals surface area contributed by atoms with Crippen LogP contribution in [0.5, 0.6) is 0 Å². The molecule has 28 heavy (non-hydrogen) atoms. The van der Waals surface area contributed by atoms with Crippen LogP contribution in [0.1, 0.15) is 64.9 Å². The molecule has 6 atom stereocenters. The zero-order chi connectivity index (χ0) is 19.7. The summed E-state index contributed by atoms with van der Waals surface area (Å²) in [5.41, 5.74) is 5.59. The number of fused-ring (bicyclic) bond motifs is 5. The number of carbonyl (C=O) groups excluding carboxylic acids is 1. The van der Waals surface area contributed by atoms with Gasteiger partial charge < -0.3 is 5.11 Å². The van der Waals surface area contributed by atoms with Crippen LogP contribution in [0, 0.1) is 28.6 Å². The Kier molecular flexibility index (Phi) is 4.00. The van der Waals surface area contributed by atoms with Gasteiger partial charge in [-0.3, -0.25) is 9.78 Å². The van der Waals surface area contributed by atoms with Crippen LogP contribution < -0.4 is 0 Å². The van der Waals surface area contributed by atoms with E-state index in [0.717, 1.165) is 25.7 Å². The van der Waals surface area contributed by atoms with Crippen molar-refractivity contribution in [3.05, 3.63) is 47.3 Å². The molecule has 1 N–H and O–H groups in total. The Hall–Kier alpha value is -1.74. The molecule has 1 aromatic heterocycles. The monoisotopic (exact) mass is 377 g/mol. The Morgan fingerprint density at radius 1 is 1.18 bits per heavy atom. The molecule has 0 bridgehead atoms. The molecule has 0 aliphatic heterocycles. The molecule has 2 fully saturated rings. The lowest BCUT2D eigenvalue weighted by molar-refractivity contribution is -0.123. The van der Waals surface area contributed by atoms with Gasteiger partial charge in [0.2, 0.25) is 0 Å². The minimum atomic E-state index is -0.426. The number of Topliss-reactive ketones (excluding diaryl/α,β-unsaturated/α-hetero) is 1. The van der Waals surface area contributed by atoms with Gasteiger partial charge in [-0.1, -0.05) is 37.1 Å². The van der Waals surface area contributed by atoms with Crippen LogP contribution in [-0.4, -0.2) is 22.0 Å². The van der Waals surface area contributed by atoms with Gasteiger partial charge in [-0.25, -0.2) is 0 Å². The third-order valence-electron chi connectivity index (χ3n) is 8.83. The first-order valence-electron chi connectivity index (χ1n) is 10.9. The van der Waals surface area contributed by atoms with Gasteiger partial charge in [0, 0.05) is 25.2 Å². The lowest BCUT2D eigenvalue weighted by Crippen LogP contribution is -2.54. The highest BCUT2D eigenvalue weighted by Gasteiger charge is 2.59. The van der Waals surface area contributed by atoms with Crippen LogP contribution in [0.25, 0.3) is 5.57 Å². The summed E-state index contributed by atoms with van der Waals surface area (Å²) in [6.07, 6.45) is 11.1. The lowest BCUT2D eigenvalue weighted by atomic mass is 9.46. The Morgan fingerprint density at radius 3 is 2.75 bits per heavy atom. The van der Waals surface area contributed by atoms with Crippen molar-refractivity contribution in [2.75, 3.05) is 0 Å². The van der Waals surface area contributed by atoms with Gasteiger partial charge in [-0.2, -0.15) is 0 Å². The second-order valence-electron chi connectivity index (χ2n) is 10.2. The average molecular weight is 378 g/mol. The summed E-state index contributed by atoms with van der Waals surface area (Å²) in [5, 5.41) is 11.2. The maximum atomic E-state index is 12.1. The zero-order valence-electron chi connectivity index (χ0n) is 17.2. The van der Waals surface area contributed by atoms with E-state index in [-0.39, 0.29) is 16.7 Å². The Labute approximate surface area is 168 Å². The van der Waals surface area contributed by atoms with E-state index in [1.807, 2.05) is 18.5 Å². The average Bonchev–Trinajstić information content (AvgIpc) is 2.94. The van der Waals surface area contributed by atoms with Crippen LogP contribution in [0.3, 0.4) is 0 Å². The predicted octanol–water partition coefficient (Wildman–Crippen LogP) is 4.97. The van der Waals surface area contributed by atoms with E-state index >= 15 is 0 Å². The summed E-state index contributed by atoms with van der Waals surface area (Å²) in [7, 11) is 0. The molecule has 4 aliphatic carbocycles. The minimum Gasteiger partial charge on any atom is -0.389 e.